The second-order valence-corrected chi connectivity index (χ2v) is 4.73. The number of nitrogens with one attached hydrogen (secondary N) is 1. The quantitative estimate of drug-likeness (QED) is 0.830. The molecule has 0 saturated heterocycles. The number of carbonyl (C=O) groups is 1. The summed E-state index contributed by atoms with van der Waals surface area (Å²) in [4.78, 5) is 11.6. The van der Waals surface area contributed by atoms with Gasteiger partial charge < -0.3 is 14.8 Å². The van der Waals surface area contributed by atoms with E-state index in [0.29, 0.717) is 5.76 Å². The van der Waals surface area contributed by atoms with Crippen molar-refractivity contribution in [2.24, 2.45) is 0 Å². The van der Waals surface area contributed by atoms with Gasteiger partial charge in [-0.15, -0.1) is 0 Å². The topological polar surface area (TPSA) is 62.5 Å². The Balaban J connectivity index is 1.91. The Bertz CT molecular complexity index is 678. The van der Waals surface area contributed by atoms with Gasteiger partial charge in [0.25, 0.3) is 0 Å². The molecule has 1 heterocycles. The summed E-state index contributed by atoms with van der Waals surface area (Å²) in [6.07, 6.45) is -1.66. The Morgan fingerprint density at radius 1 is 1.30 bits per heavy atom. The van der Waals surface area contributed by atoms with E-state index >= 15 is 0 Å². The van der Waals surface area contributed by atoms with E-state index in [0.717, 1.165) is 18.2 Å². The number of furan rings is 1. The minimum atomic E-state index is -4.43. The van der Waals surface area contributed by atoms with Crippen molar-refractivity contribution in [2.45, 2.75) is 12.3 Å². The number of aliphatic hydroxyl groups is 1. The third kappa shape index (κ3) is 5.00. The number of aliphatic hydroxyl groups excluding tert-OH is 1. The average molecular weight is 325 g/mol. The lowest BCUT2D eigenvalue weighted by atomic mass is 10.1. The van der Waals surface area contributed by atoms with Crippen LogP contribution < -0.4 is 5.32 Å². The molecular formula is C16H14F3NO3. The first kappa shape index (κ1) is 16.8. The molecule has 1 atom stereocenters. The van der Waals surface area contributed by atoms with E-state index in [1.807, 2.05) is 0 Å². The molecule has 2 rings (SSSR count). The van der Waals surface area contributed by atoms with Crippen molar-refractivity contribution in [3.63, 3.8) is 0 Å². The van der Waals surface area contributed by atoms with Crippen LogP contribution in [0.15, 0.2) is 53.2 Å². The predicted octanol–water partition coefficient (Wildman–Crippen LogP) is 3.16. The van der Waals surface area contributed by atoms with Gasteiger partial charge >= 0.3 is 6.18 Å². The summed E-state index contributed by atoms with van der Waals surface area (Å²) in [7, 11) is 0. The Morgan fingerprint density at radius 3 is 2.74 bits per heavy atom. The molecule has 0 radical (unpaired) electrons. The summed E-state index contributed by atoms with van der Waals surface area (Å²) in [5, 5.41) is 12.1. The molecule has 0 aliphatic carbocycles. The van der Waals surface area contributed by atoms with Crippen molar-refractivity contribution in [2.75, 3.05) is 6.54 Å². The third-order valence-electron chi connectivity index (χ3n) is 2.98. The lowest BCUT2D eigenvalue weighted by Crippen LogP contribution is -2.26. The van der Waals surface area contributed by atoms with E-state index in [1.54, 1.807) is 12.1 Å². The zero-order valence-electron chi connectivity index (χ0n) is 11.9. The number of carbonyl (C=O) groups excluding carboxylic acids is 1. The summed E-state index contributed by atoms with van der Waals surface area (Å²) in [5.41, 5.74) is -0.533. The van der Waals surface area contributed by atoms with Crippen LogP contribution in [-0.2, 0) is 11.0 Å². The van der Waals surface area contributed by atoms with Gasteiger partial charge in [0.05, 0.1) is 18.4 Å². The normalized spacial score (nSPS) is 13.2. The van der Waals surface area contributed by atoms with Gasteiger partial charge in [-0.25, -0.2) is 0 Å². The van der Waals surface area contributed by atoms with E-state index < -0.39 is 23.8 Å². The van der Waals surface area contributed by atoms with E-state index in [2.05, 4.69) is 5.32 Å². The molecular weight excluding hydrogens is 311 g/mol. The van der Waals surface area contributed by atoms with Crippen LogP contribution in [0.25, 0.3) is 6.08 Å². The van der Waals surface area contributed by atoms with Crippen LogP contribution in [0.3, 0.4) is 0 Å². The average Bonchev–Trinajstić information content (AvgIpc) is 3.04. The minimum absolute atomic E-state index is 0.0702. The van der Waals surface area contributed by atoms with Crippen LogP contribution in [-0.4, -0.2) is 17.6 Å². The molecule has 122 valence electrons. The Hall–Kier alpha value is -2.54. The van der Waals surface area contributed by atoms with Gasteiger partial charge in [0.15, 0.2) is 0 Å². The smallest absolute Gasteiger partial charge is 0.416 e. The second kappa shape index (κ2) is 7.15. The molecule has 0 saturated carbocycles. The van der Waals surface area contributed by atoms with Crippen molar-refractivity contribution < 1.29 is 27.5 Å². The molecule has 4 nitrogen and oxygen atoms in total. The van der Waals surface area contributed by atoms with E-state index in [1.165, 1.54) is 24.5 Å². The van der Waals surface area contributed by atoms with Crippen molar-refractivity contribution in [1.82, 2.24) is 5.32 Å². The minimum Gasteiger partial charge on any atom is -0.467 e. The zero-order valence-corrected chi connectivity index (χ0v) is 11.9. The van der Waals surface area contributed by atoms with Gasteiger partial charge in [-0.05, 0) is 35.9 Å². The number of alkyl halides is 3. The van der Waals surface area contributed by atoms with Crippen LogP contribution >= 0.6 is 0 Å². The lowest BCUT2D eigenvalue weighted by Gasteiger charge is -2.08. The van der Waals surface area contributed by atoms with Gasteiger partial charge in [-0.1, -0.05) is 12.1 Å². The van der Waals surface area contributed by atoms with Crippen LogP contribution in [0.1, 0.15) is 23.0 Å². The standard InChI is InChI=1S/C16H14F3NO3/c17-16(18,19)12-4-1-3-11(9-12)6-7-15(22)20-10-13(21)14-5-2-8-23-14/h1-9,13,21H,10H2,(H,20,22)/b7-6+. The summed E-state index contributed by atoms with van der Waals surface area (Å²) >= 11 is 0. The number of benzene rings is 1. The predicted molar refractivity (Wildman–Crippen MR) is 77.2 cm³/mol. The summed E-state index contributed by atoms with van der Waals surface area (Å²) in [5.74, 6) is -0.222. The van der Waals surface area contributed by atoms with E-state index in [4.69, 9.17) is 4.42 Å². The molecule has 7 heteroatoms. The molecule has 2 aromatic rings. The first-order valence-electron chi connectivity index (χ1n) is 6.71. The van der Waals surface area contributed by atoms with Crippen LogP contribution in [0.2, 0.25) is 0 Å². The lowest BCUT2D eigenvalue weighted by molar-refractivity contribution is -0.137. The molecule has 0 spiro atoms. The van der Waals surface area contributed by atoms with Gasteiger partial charge in [0, 0.05) is 6.08 Å². The Labute approximate surface area is 130 Å². The Morgan fingerprint density at radius 2 is 2.09 bits per heavy atom. The highest BCUT2D eigenvalue weighted by Gasteiger charge is 2.30. The van der Waals surface area contributed by atoms with Crippen LogP contribution in [0.4, 0.5) is 13.2 Å². The van der Waals surface area contributed by atoms with E-state index in [-0.39, 0.29) is 12.1 Å². The fourth-order valence-electron chi connectivity index (χ4n) is 1.83. The second-order valence-electron chi connectivity index (χ2n) is 4.73. The first-order valence-corrected chi connectivity index (χ1v) is 6.71. The molecule has 0 fully saturated rings. The SMILES string of the molecule is O=C(/C=C/c1cccc(C(F)(F)F)c1)NCC(O)c1ccco1. The first-order chi connectivity index (χ1) is 10.9. The molecule has 1 amide bonds. The summed E-state index contributed by atoms with van der Waals surface area (Å²) in [6, 6.07) is 7.79. The van der Waals surface area contributed by atoms with Gasteiger partial charge in [0.2, 0.25) is 5.91 Å². The van der Waals surface area contributed by atoms with E-state index in [9.17, 15) is 23.1 Å². The van der Waals surface area contributed by atoms with Crippen molar-refractivity contribution in [1.29, 1.82) is 0 Å². The number of halogens is 3. The fraction of sp³-hybridized carbons (Fsp3) is 0.188. The summed E-state index contributed by atoms with van der Waals surface area (Å²) < 4.78 is 42.7. The molecule has 23 heavy (non-hydrogen) atoms. The monoisotopic (exact) mass is 325 g/mol. The number of rotatable bonds is 5. The van der Waals surface area contributed by atoms with Gasteiger partial charge in [-0.2, -0.15) is 13.2 Å². The maximum Gasteiger partial charge on any atom is 0.416 e. The molecule has 0 bridgehead atoms. The zero-order chi connectivity index (χ0) is 16.9. The van der Waals surface area contributed by atoms with Crippen molar-refractivity contribution in [3.05, 3.63) is 65.6 Å². The molecule has 0 aliphatic heterocycles. The van der Waals surface area contributed by atoms with Gasteiger partial charge in [0.1, 0.15) is 11.9 Å². The maximum atomic E-state index is 12.6. The molecule has 2 N–H and O–H groups in total. The number of hydrogen-bond acceptors (Lipinski definition) is 3. The number of hydrogen-bond donors (Lipinski definition) is 2. The molecule has 1 aromatic carbocycles. The number of amides is 1. The third-order valence-corrected chi connectivity index (χ3v) is 2.98. The highest BCUT2D eigenvalue weighted by Crippen LogP contribution is 2.29. The molecule has 1 unspecified atom stereocenters. The van der Waals surface area contributed by atoms with Crippen molar-refractivity contribution >= 4 is 12.0 Å². The summed E-state index contributed by atoms with van der Waals surface area (Å²) in [6.45, 7) is -0.0702. The van der Waals surface area contributed by atoms with Crippen molar-refractivity contribution in [3.8, 4) is 0 Å². The largest absolute Gasteiger partial charge is 0.467 e. The highest BCUT2D eigenvalue weighted by molar-refractivity contribution is 5.91. The van der Waals surface area contributed by atoms with Crippen LogP contribution in [0, 0.1) is 0 Å². The Kier molecular flexibility index (Phi) is 5.23. The van der Waals surface area contributed by atoms with Crippen LogP contribution in [0.5, 0.6) is 0 Å². The van der Waals surface area contributed by atoms with Gasteiger partial charge in [-0.3, -0.25) is 4.79 Å². The fourth-order valence-corrected chi connectivity index (χ4v) is 1.83. The molecule has 1 aromatic heterocycles. The maximum absolute atomic E-state index is 12.6. The highest BCUT2D eigenvalue weighted by atomic mass is 19.4. The molecule has 0 aliphatic rings.